The summed E-state index contributed by atoms with van der Waals surface area (Å²) in [5.41, 5.74) is 0. The summed E-state index contributed by atoms with van der Waals surface area (Å²) in [6.45, 7) is 0. The molecular weight excluding hydrogens is 496 g/mol. The second-order valence-electron chi connectivity index (χ2n) is 6.81. The van der Waals surface area contributed by atoms with Crippen molar-refractivity contribution in [2.45, 2.75) is 51.4 Å². The first-order valence-corrected chi connectivity index (χ1v) is 12.6. The Hall–Kier alpha value is -3.14. The molecule has 0 aromatic rings. The summed E-state index contributed by atoms with van der Waals surface area (Å²) in [6.07, 6.45) is -1.06. The maximum atomic E-state index is 11.7. The van der Waals surface area contributed by atoms with Crippen molar-refractivity contribution in [2.24, 2.45) is 0 Å². The number of hydrogen-bond donors (Lipinski definition) is 2. The van der Waals surface area contributed by atoms with Crippen molar-refractivity contribution in [3.8, 4) is 0 Å². The van der Waals surface area contributed by atoms with Crippen molar-refractivity contribution in [3.05, 3.63) is 0 Å². The van der Waals surface area contributed by atoms with E-state index in [1.54, 1.807) is 0 Å². The number of amides is 6. The van der Waals surface area contributed by atoms with E-state index in [0.717, 1.165) is 0 Å². The number of rotatable bonds is 13. The predicted molar refractivity (Wildman–Crippen MR) is 114 cm³/mol. The fourth-order valence-electron chi connectivity index (χ4n) is 2.52. The second kappa shape index (κ2) is 13.5. The molecule has 2 heterocycles. The molecule has 14 nitrogen and oxygen atoms in total. The standard InChI is InChI=1S/C18H22N4O10S2/c23-11(1-7-17(29)31-21-13(25)3-4-14(21)26)19-9-33-34-10-20-12(24)2-8-18(30)32-22-15(27)5-6-16(22)28/h1-10H2,(H,19,23)(H,20,24). The molecule has 186 valence electrons. The third kappa shape index (κ3) is 9.01. The van der Waals surface area contributed by atoms with Gasteiger partial charge in [-0.15, -0.1) is 10.1 Å². The van der Waals surface area contributed by atoms with Crippen LogP contribution in [0.4, 0.5) is 0 Å². The monoisotopic (exact) mass is 518 g/mol. The van der Waals surface area contributed by atoms with Crippen LogP contribution in [-0.4, -0.2) is 69.3 Å². The van der Waals surface area contributed by atoms with Gasteiger partial charge in [0, 0.05) is 38.5 Å². The number of nitrogens with one attached hydrogen (secondary N) is 2. The summed E-state index contributed by atoms with van der Waals surface area (Å²) in [5, 5.41) is 5.90. The lowest BCUT2D eigenvalue weighted by Gasteiger charge is -2.12. The van der Waals surface area contributed by atoms with Gasteiger partial charge in [-0.3, -0.25) is 28.8 Å². The van der Waals surface area contributed by atoms with Crippen molar-refractivity contribution < 1.29 is 48.0 Å². The second-order valence-corrected chi connectivity index (χ2v) is 9.28. The summed E-state index contributed by atoms with van der Waals surface area (Å²) in [5.74, 6) is -4.66. The van der Waals surface area contributed by atoms with Crippen LogP contribution in [0.1, 0.15) is 51.4 Å². The lowest BCUT2D eigenvalue weighted by atomic mass is 10.3. The van der Waals surface area contributed by atoms with Crippen molar-refractivity contribution >= 4 is 69.0 Å². The van der Waals surface area contributed by atoms with Crippen LogP contribution in [0, 0.1) is 0 Å². The third-order valence-corrected chi connectivity index (χ3v) is 6.15. The SMILES string of the molecule is O=C(CCC(=O)ON1C(=O)CCC1=O)NCSSCNC(=O)CCC(=O)ON1C(=O)CCC1=O. The van der Waals surface area contributed by atoms with E-state index in [9.17, 15) is 38.4 Å². The predicted octanol–water partition coefficient (Wildman–Crippen LogP) is -0.710. The minimum Gasteiger partial charge on any atom is -0.346 e. The molecule has 2 aliphatic heterocycles. The lowest BCUT2D eigenvalue weighted by molar-refractivity contribution is -0.197. The van der Waals surface area contributed by atoms with Crippen molar-refractivity contribution in [3.63, 3.8) is 0 Å². The van der Waals surface area contributed by atoms with Crippen LogP contribution in [0.5, 0.6) is 0 Å². The minimum atomic E-state index is -0.869. The number of nitrogens with zero attached hydrogens (tertiary/aromatic N) is 2. The highest BCUT2D eigenvalue weighted by atomic mass is 33.1. The van der Waals surface area contributed by atoms with Crippen molar-refractivity contribution in [1.82, 2.24) is 20.8 Å². The van der Waals surface area contributed by atoms with Gasteiger partial charge in [0.1, 0.15) is 0 Å². The van der Waals surface area contributed by atoms with Gasteiger partial charge in [-0.1, -0.05) is 21.6 Å². The van der Waals surface area contributed by atoms with Gasteiger partial charge in [-0.05, 0) is 0 Å². The molecule has 0 radical (unpaired) electrons. The molecule has 0 unspecified atom stereocenters. The Labute approximate surface area is 201 Å². The Kier molecular flexibility index (Phi) is 10.8. The Balaban J connectivity index is 1.46. The van der Waals surface area contributed by atoms with Gasteiger partial charge in [-0.2, -0.15) is 0 Å². The fraction of sp³-hybridized carbons (Fsp3) is 0.556. The van der Waals surface area contributed by atoms with Gasteiger partial charge >= 0.3 is 11.9 Å². The number of imide groups is 2. The van der Waals surface area contributed by atoms with Crippen LogP contribution in [0.15, 0.2) is 0 Å². The quantitative estimate of drug-likeness (QED) is 0.135. The van der Waals surface area contributed by atoms with E-state index in [-0.39, 0.29) is 63.1 Å². The molecule has 6 amide bonds. The number of carbonyl (C=O) groups excluding carboxylic acids is 8. The Bertz CT molecular complexity index is 779. The van der Waals surface area contributed by atoms with E-state index in [1.807, 2.05) is 0 Å². The summed E-state index contributed by atoms with van der Waals surface area (Å²) >= 11 is 0. The van der Waals surface area contributed by atoms with E-state index in [4.69, 9.17) is 0 Å². The zero-order valence-corrected chi connectivity index (χ0v) is 19.5. The highest BCUT2D eigenvalue weighted by molar-refractivity contribution is 8.76. The highest BCUT2D eigenvalue weighted by Gasteiger charge is 2.33. The zero-order chi connectivity index (χ0) is 25.1. The molecule has 0 spiro atoms. The zero-order valence-electron chi connectivity index (χ0n) is 17.9. The maximum absolute atomic E-state index is 11.7. The third-order valence-electron chi connectivity index (χ3n) is 4.25. The fourth-order valence-corrected chi connectivity index (χ4v) is 3.98. The van der Waals surface area contributed by atoms with Crippen molar-refractivity contribution in [1.29, 1.82) is 0 Å². The number of hydrogen-bond acceptors (Lipinski definition) is 12. The number of carbonyl (C=O) groups is 8. The van der Waals surface area contributed by atoms with Gasteiger partial charge in [0.15, 0.2) is 0 Å². The normalized spacial score (nSPS) is 15.5. The molecule has 0 atom stereocenters. The molecule has 2 N–H and O–H groups in total. The Morgan fingerprint density at radius 2 is 0.941 bits per heavy atom. The summed E-state index contributed by atoms with van der Waals surface area (Å²) < 4.78 is 0. The highest BCUT2D eigenvalue weighted by Crippen LogP contribution is 2.18. The molecular formula is C18H22N4O10S2. The van der Waals surface area contributed by atoms with Crippen molar-refractivity contribution in [2.75, 3.05) is 11.8 Å². The minimum absolute atomic E-state index is 0.0163. The first-order valence-electron chi connectivity index (χ1n) is 10.1. The van der Waals surface area contributed by atoms with Crippen LogP contribution < -0.4 is 10.6 Å². The molecule has 16 heteroatoms. The van der Waals surface area contributed by atoms with E-state index < -0.39 is 47.4 Å². The van der Waals surface area contributed by atoms with E-state index in [1.165, 1.54) is 21.6 Å². The molecule has 2 saturated heterocycles. The van der Waals surface area contributed by atoms with Crippen LogP contribution in [0.3, 0.4) is 0 Å². The molecule has 0 aromatic heterocycles. The molecule has 0 saturated carbocycles. The molecule has 0 aliphatic carbocycles. The van der Waals surface area contributed by atoms with Gasteiger partial charge in [0.2, 0.25) is 11.8 Å². The average Bonchev–Trinajstić information content (AvgIpc) is 3.28. The lowest BCUT2D eigenvalue weighted by Crippen LogP contribution is -2.32. The molecule has 0 aromatic carbocycles. The molecule has 2 fully saturated rings. The maximum Gasteiger partial charge on any atom is 0.333 e. The molecule has 2 aliphatic rings. The van der Waals surface area contributed by atoms with E-state index >= 15 is 0 Å². The molecule has 0 bridgehead atoms. The van der Waals surface area contributed by atoms with Crippen LogP contribution in [0.25, 0.3) is 0 Å². The summed E-state index contributed by atoms with van der Waals surface area (Å²) in [4.78, 5) is 101. The van der Waals surface area contributed by atoms with Crippen LogP contribution in [0.2, 0.25) is 0 Å². The Morgan fingerprint density at radius 3 is 1.26 bits per heavy atom. The smallest absolute Gasteiger partial charge is 0.333 e. The first kappa shape index (κ1) is 27.1. The van der Waals surface area contributed by atoms with Gasteiger partial charge in [-0.25, -0.2) is 9.59 Å². The summed E-state index contributed by atoms with van der Waals surface area (Å²) in [6, 6.07) is 0. The van der Waals surface area contributed by atoms with Crippen LogP contribution in [-0.2, 0) is 48.0 Å². The Morgan fingerprint density at radius 1 is 0.618 bits per heavy atom. The summed E-state index contributed by atoms with van der Waals surface area (Å²) in [7, 11) is 2.43. The van der Waals surface area contributed by atoms with E-state index in [2.05, 4.69) is 20.3 Å². The van der Waals surface area contributed by atoms with Gasteiger partial charge < -0.3 is 20.3 Å². The topological polar surface area (TPSA) is 186 Å². The first-order chi connectivity index (χ1) is 16.2. The van der Waals surface area contributed by atoms with Gasteiger partial charge in [0.25, 0.3) is 23.6 Å². The average molecular weight is 519 g/mol. The largest absolute Gasteiger partial charge is 0.346 e. The molecule has 2 rings (SSSR count). The van der Waals surface area contributed by atoms with Crippen LogP contribution >= 0.6 is 21.6 Å². The van der Waals surface area contributed by atoms with E-state index in [0.29, 0.717) is 10.1 Å². The van der Waals surface area contributed by atoms with Gasteiger partial charge in [0.05, 0.1) is 24.6 Å². The molecule has 34 heavy (non-hydrogen) atoms. The number of hydroxylamine groups is 4.